The maximum Gasteiger partial charge on any atom is 0.508 e. The quantitative estimate of drug-likeness (QED) is 0.638. The van der Waals surface area contributed by atoms with Gasteiger partial charge in [0.05, 0.1) is 7.11 Å². The van der Waals surface area contributed by atoms with Crippen molar-refractivity contribution >= 4 is 12.2 Å². The molecule has 2 rings (SSSR count). The molecule has 0 unspecified atom stereocenters. The molecule has 0 bridgehead atoms. The lowest BCUT2D eigenvalue weighted by Crippen LogP contribution is -2.08. The second-order valence-corrected chi connectivity index (χ2v) is 2.98. The number of hydrogen-bond acceptors (Lipinski definition) is 3. The minimum Gasteiger partial charge on any atom is -0.438 e. The third kappa shape index (κ3) is 1.48. The van der Waals surface area contributed by atoms with Gasteiger partial charge in [0.1, 0.15) is 6.10 Å². The third-order valence-corrected chi connectivity index (χ3v) is 2.14. The monoisotopic (exact) mass is 190 g/mol. The molecule has 0 spiro atoms. The molecule has 0 fully saturated rings. The van der Waals surface area contributed by atoms with Gasteiger partial charge in [-0.2, -0.15) is 0 Å². The summed E-state index contributed by atoms with van der Waals surface area (Å²) in [6.07, 6.45) is 2.81. The Hall–Kier alpha value is -1.77. The van der Waals surface area contributed by atoms with E-state index in [1.807, 2.05) is 36.4 Å². The Bertz CT molecular complexity index is 382. The van der Waals surface area contributed by atoms with E-state index in [9.17, 15) is 4.79 Å². The summed E-state index contributed by atoms with van der Waals surface area (Å²) in [4.78, 5) is 10.9. The summed E-state index contributed by atoms with van der Waals surface area (Å²) in [5, 5.41) is 0. The van der Waals surface area contributed by atoms with Crippen molar-refractivity contribution in [2.75, 3.05) is 7.11 Å². The highest BCUT2D eigenvalue weighted by atomic mass is 16.7. The Balaban J connectivity index is 2.18. The fraction of sp³-hybridized carbons (Fsp3) is 0.182. The fourth-order valence-corrected chi connectivity index (χ4v) is 1.47. The van der Waals surface area contributed by atoms with E-state index in [-0.39, 0.29) is 6.10 Å². The fourth-order valence-electron chi connectivity index (χ4n) is 1.47. The zero-order valence-electron chi connectivity index (χ0n) is 7.77. The number of rotatable bonds is 1. The van der Waals surface area contributed by atoms with Gasteiger partial charge in [-0.3, -0.25) is 0 Å². The lowest BCUT2D eigenvalue weighted by molar-refractivity contribution is 0.0531. The van der Waals surface area contributed by atoms with E-state index < -0.39 is 6.16 Å². The van der Waals surface area contributed by atoms with E-state index in [0.29, 0.717) is 0 Å². The van der Waals surface area contributed by atoms with Crippen molar-refractivity contribution in [2.24, 2.45) is 0 Å². The molecule has 3 nitrogen and oxygen atoms in total. The second-order valence-electron chi connectivity index (χ2n) is 2.98. The number of fused-ring (bicyclic) bond motifs is 1. The zero-order valence-corrected chi connectivity index (χ0v) is 7.77. The van der Waals surface area contributed by atoms with Gasteiger partial charge in [0.15, 0.2) is 0 Å². The molecule has 0 heterocycles. The summed E-state index contributed by atoms with van der Waals surface area (Å²) < 4.78 is 9.47. The molecule has 1 aromatic rings. The molecule has 3 heteroatoms. The lowest BCUT2D eigenvalue weighted by Gasteiger charge is -2.10. The van der Waals surface area contributed by atoms with Gasteiger partial charge >= 0.3 is 6.16 Å². The first-order valence-electron chi connectivity index (χ1n) is 4.33. The van der Waals surface area contributed by atoms with Crippen molar-refractivity contribution < 1.29 is 14.3 Å². The van der Waals surface area contributed by atoms with Crippen molar-refractivity contribution in [1.29, 1.82) is 0 Å². The standard InChI is InChI=1S/C11H10O3/c1-13-11(12)14-10-7-6-8-4-2-3-5-9(8)10/h2-7,10H,1H3/t10-/m0/s1. The summed E-state index contributed by atoms with van der Waals surface area (Å²) in [5.41, 5.74) is 2.08. The van der Waals surface area contributed by atoms with E-state index in [1.165, 1.54) is 7.11 Å². The zero-order chi connectivity index (χ0) is 9.97. The number of carbonyl (C=O) groups is 1. The molecule has 72 valence electrons. The normalized spacial score (nSPS) is 17.6. The van der Waals surface area contributed by atoms with Crippen LogP contribution in [0.2, 0.25) is 0 Å². The van der Waals surface area contributed by atoms with Crippen LogP contribution >= 0.6 is 0 Å². The Morgan fingerprint density at radius 1 is 1.36 bits per heavy atom. The average Bonchev–Trinajstić information content (AvgIpc) is 2.62. The first-order chi connectivity index (χ1) is 6.81. The van der Waals surface area contributed by atoms with E-state index in [2.05, 4.69) is 4.74 Å². The van der Waals surface area contributed by atoms with Crippen molar-refractivity contribution in [1.82, 2.24) is 0 Å². The smallest absolute Gasteiger partial charge is 0.438 e. The molecule has 0 aromatic heterocycles. The molecular formula is C11H10O3. The highest BCUT2D eigenvalue weighted by Crippen LogP contribution is 2.30. The molecule has 14 heavy (non-hydrogen) atoms. The van der Waals surface area contributed by atoms with Crippen LogP contribution in [0.15, 0.2) is 30.3 Å². The van der Waals surface area contributed by atoms with Gasteiger partial charge in [-0.15, -0.1) is 0 Å². The Morgan fingerprint density at radius 2 is 2.14 bits per heavy atom. The number of carbonyl (C=O) groups excluding carboxylic acids is 1. The maximum atomic E-state index is 10.9. The van der Waals surface area contributed by atoms with Crippen LogP contribution in [0.1, 0.15) is 17.2 Å². The molecule has 1 aromatic carbocycles. The van der Waals surface area contributed by atoms with Gasteiger partial charge in [0, 0.05) is 5.56 Å². The molecule has 0 amide bonds. The van der Waals surface area contributed by atoms with Crippen LogP contribution in [0.5, 0.6) is 0 Å². The molecule has 0 saturated heterocycles. The Labute approximate surface area is 81.9 Å². The van der Waals surface area contributed by atoms with E-state index in [0.717, 1.165) is 11.1 Å². The van der Waals surface area contributed by atoms with E-state index in [1.54, 1.807) is 0 Å². The van der Waals surface area contributed by atoms with Crippen molar-refractivity contribution in [3.05, 3.63) is 41.5 Å². The molecule has 0 radical (unpaired) electrons. The lowest BCUT2D eigenvalue weighted by atomic mass is 10.1. The summed E-state index contributed by atoms with van der Waals surface area (Å²) in [7, 11) is 1.30. The number of benzene rings is 1. The summed E-state index contributed by atoms with van der Waals surface area (Å²) in [6, 6.07) is 7.78. The van der Waals surface area contributed by atoms with Crippen molar-refractivity contribution in [3.8, 4) is 0 Å². The summed E-state index contributed by atoms with van der Waals surface area (Å²) in [5.74, 6) is 0. The maximum absolute atomic E-state index is 10.9. The Kier molecular flexibility index (Phi) is 2.23. The summed E-state index contributed by atoms with van der Waals surface area (Å²) >= 11 is 0. The molecular weight excluding hydrogens is 180 g/mol. The van der Waals surface area contributed by atoms with Crippen LogP contribution in [-0.4, -0.2) is 13.3 Å². The molecule has 1 aliphatic rings. The first kappa shape index (κ1) is 8.81. The van der Waals surface area contributed by atoms with Crippen LogP contribution in [0.25, 0.3) is 6.08 Å². The van der Waals surface area contributed by atoms with Gasteiger partial charge in [-0.05, 0) is 11.6 Å². The van der Waals surface area contributed by atoms with Gasteiger partial charge in [-0.1, -0.05) is 30.3 Å². The number of ether oxygens (including phenoxy) is 2. The number of hydrogen-bond donors (Lipinski definition) is 0. The van der Waals surface area contributed by atoms with E-state index in [4.69, 9.17) is 4.74 Å². The molecule has 0 saturated carbocycles. The molecule has 0 aliphatic heterocycles. The van der Waals surface area contributed by atoms with Crippen LogP contribution in [-0.2, 0) is 9.47 Å². The van der Waals surface area contributed by atoms with Gasteiger partial charge in [0.2, 0.25) is 0 Å². The first-order valence-corrected chi connectivity index (χ1v) is 4.33. The van der Waals surface area contributed by atoms with Gasteiger partial charge in [-0.25, -0.2) is 4.79 Å². The topological polar surface area (TPSA) is 35.5 Å². The predicted octanol–water partition coefficient (Wildman–Crippen LogP) is 2.54. The predicted molar refractivity (Wildman–Crippen MR) is 51.7 cm³/mol. The minimum absolute atomic E-state index is 0.307. The van der Waals surface area contributed by atoms with E-state index >= 15 is 0 Å². The summed E-state index contributed by atoms with van der Waals surface area (Å²) in [6.45, 7) is 0. The SMILES string of the molecule is COC(=O)O[C@H]1C=Cc2ccccc21. The molecule has 0 N–H and O–H groups in total. The van der Waals surface area contributed by atoms with Crippen LogP contribution in [0, 0.1) is 0 Å². The van der Waals surface area contributed by atoms with Crippen LogP contribution in [0.3, 0.4) is 0 Å². The third-order valence-electron chi connectivity index (χ3n) is 2.14. The average molecular weight is 190 g/mol. The second kappa shape index (κ2) is 3.54. The highest BCUT2D eigenvalue weighted by Gasteiger charge is 2.20. The van der Waals surface area contributed by atoms with Gasteiger partial charge < -0.3 is 9.47 Å². The van der Waals surface area contributed by atoms with Crippen molar-refractivity contribution in [2.45, 2.75) is 6.10 Å². The molecule has 1 aliphatic carbocycles. The molecule has 1 atom stereocenters. The van der Waals surface area contributed by atoms with Crippen LogP contribution < -0.4 is 0 Å². The number of methoxy groups -OCH3 is 1. The highest BCUT2D eigenvalue weighted by molar-refractivity contribution is 5.65. The minimum atomic E-state index is -0.656. The Morgan fingerprint density at radius 3 is 2.93 bits per heavy atom. The van der Waals surface area contributed by atoms with Crippen molar-refractivity contribution in [3.63, 3.8) is 0 Å². The van der Waals surface area contributed by atoms with Gasteiger partial charge in [0.25, 0.3) is 0 Å². The van der Waals surface area contributed by atoms with Crippen LogP contribution in [0.4, 0.5) is 4.79 Å². The largest absolute Gasteiger partial charge is 0.508 e.